The van der Waals surface area contributed by atoms with Crippen LogP contribution in [0.4, 0.5) is 5.69 Å². The molecule has 5 nitrogen and oxygen atoms in total. The molecule has 1 aromatic carbocycles. The molecule has 0 bridgehead atoms. The molecule has 0 saturated carbocycles. The van der Waals surface area contributed by atoms with E-state index in [0.717, 1.165) is 16.0 Å². The van der Waals surface area contributed by atoms with Gasteiger partial charge in [0, 0.05) is 27.9 Å². The Balaban J connectivity index is 1.73. The zero-order chi connectivity index (χ0) is 16.9. The molecule has 2 heterocycles. The minimum Gasteiger partial charge on any atom is -0.397 e. The second-order valence-electron chi connectivity index (χ2n) is 4.89. The molecular formula is C17H13ClN4OS. The van der Waals surface area contributed by atoms with Gasteiger partial charge >= 0.3 is 0 Å². The van der Waals surface area contributed by atoms with Crippen molar-refractivity contribution in [3.8, 4) is 10.4 Å². The van der Waals surface area contributed by atoms with Gasteiger partial charge in [-0.3, -0.25) is 9.78 Å². The molecule has 0 aliphatic carbocycles. The van der Waals surface area contributed by atoms with E-state index in [1.54, 1.807) is 36.7 Å². The summed E-state index contributed by atoms with van der Waals surface area (Å²) in [5, 5.41) is 4.58. The van der Waals surface area contributed by atoms with Crippen LogP contribution in [-0.4, -0.2) is 17.1 Å². The Morgan fingerprint density at radius 1 is 1.29 bits per heavy atom. The number of carbonyl (C=O) groups excluding carboxylic acids is 1. The highest BCUT2D eigenvalue weighted by Crippen LogP contribution is 2.33. The van der Waals surface area contributed by atoms with Crippen molar-refractivity contribution >= 4 is 40.7 Å². The number of nitrogen functional groups attached to an aromatic ring is 1. The fourth-order valence-corrected chi connectivity index (χ4v) is 3.11. The van der Waals surface area contributed by atoms with Crippen LogP contribution in [0.25, 0.3) is 10.4 Å². The van der Waals surface area contributed by atoms with Crippen LogP contribution >= 0.6 is 22.9 Å². The van der Waals surface area contributed by atoms with Gasteiger partial charge < -0.3 is 5.73 Å². The van der Waals surface area contributed by atoms with Crippen LogP contribution in [0.1, 0.15) is 15.2 Å². The number of amides is 1. The number of anilines is 1. The molecular weight excluding hydrogens is 344 g/mol. The molecule has 2 aromatic heterocycles. The first-order chi connectivity index (χ1) is 11.6. The van der Waals surface area contributed by atoms with Gasteiger partial charge in [-0.15, -0.1) is 11.3 Å². The van der Waals surface area contributed by atoms with Gasteiger partial charge in [-0.2, -0.15) is 5.10 Å². The van der Waals surface area contributed by atoms with Crippen LogP contribution < -0.4 is 11.2 Å². The SMILES string of the molecule is Nc1cc(-c2ccc(Cl)cc2)sc1C(=O)N/N=C\c1cccnc1. The third-order valence-electron chi connectivity index (χ3n) is 3.16. The van der Waals surface area contributed by atoms with Crippen LogP contribution in [0, 0.1) is 0 Å². The largest absolute Gasteiger partial charge is 0.397 e. The van der Waals surface area contributed by atoms with E-state index in [9.17, 15) is 4.79 Å². The number of nitrogens with two attached hydrogens (primary N) is 1. The van der Waals surface area contributed by atoms with Crippen molar-refractivity contribution in [1.29, 1.82) is 0 Å². The summed E-state index contributed by atoms with van der Waals surface area (Å²) in [6.07, 6.45) is 4.84. The number of nitrogens with zero attached hydrogens (tertiary/aromatic N) is 2. The van der Waals surface area contributed by atoms with Crippen LogP contribution in [-0.2, 0) is 0 Å². The summed E-state index contributed by atoms with van der Waals surface area (Å²) in [5.41, 5.74) is 10.6. The third-order valence-corrected chi connectivity index (χ3v) is 4.61. The van der Waals surface area contributed by atoms with Crippen LogP contribution in [0.5, 0.6) is 0 Å². The van der Waals surface area contributed by atoms with Crippen molar-refractivity contribution in [1.82, 2.24) is 10.4 Å². The standard InChI is InChI=1S/C17H13ClN4OS/c18-13-5-3-12(4-6-13)15-8-14(19)16(24-15)17(23)22-21-10-11-2-1-7-20-9-11/h1-10H,19H2,(H,22,23)/b21-10-. The third kappa shape index (κ3) is 3.79. The van der Waals surface area contributed by atoms with Crippen molar-refractivity contribution in [2.45, 2.75) is 0 Å². The van der Waals surface area contributed by atoms with E-state index >= 15 is 0 Å². The lowest BCUT2D eigenvalue weighted by atomic mass is 10.2. The molecule has 0 aliphatic rings. The van der Waals surface area contributed by atoms with Crippen molar-refractivity contribution in [3.63, 3.8) is 0 Å². The van der Waals surface area contributed by atoms with Gasteiger partial charge in [-0.25, -0.2) is 5.43 Å². The number of aromatic nitrogens is 1. The van der Waals surface area contributed by atoms with Gasteiger partial charge in [0.25, 0.3) is 5.91 Å². The highest BCUT2D eigenvalue weighted by atomic mass is 35.5. The predicted octanol–water partition coefficient (Wildman–Crippen LogP) is 3.81. The molecule has 0 spiro atoms. The number of hydrazone groups is 1. The van der Waals surface area contributed by atoms with Crippen molar-refractivity contribution in [2.75, 3.05) is 5.73 Å². The Hall–Kier alpha value is -2.70. The van der Waals surface area contributed by atoms with Crippen LogP contribution in [0.15, 0.2) is 60.0 Å². The molecule has 120 valence electrons. The molecule has 0 fully saturated rings. The number of halogens is 1. The molecule has 24 heavy (non-hydrogen) atoms. The second-order valence-corrected chi connectivity index (χ2v) is 6.38. The molecule has 3 N–H and O–H groups in total. The summed E-state index contributed by atoms with van der Waals surface area (Å²) in [5.74, 6) is -0.349. The quantitative estimate of drug-likeness (QED) is 0.551. The normalized spacial score (nSPS) is 10.9. The Morgan fingerprint density at radius 2 is 2.08 bits per heavy atom. The lowest BCUT2D eigenvalue weighted by molar-refractivity contribution is 0.0960. The summed E-state index contributed by atoms with van der Waals surface area (Å²) in [6, 6.07) is 12.8. The lowest BCUT2D eigenvalue weighted by Gasteiger charge is -1.98. The molecule has 0 aliphatic heterocycles. The fraction of sp³-hybridized carbons (Fsp3) is 0. The smallest absolute Gasteiger partial charge is 0.283 e. The average Bonchev–Trinajstić information content (AvgIpc) is 2.98. The first-order valence-electron chi connectivity index (χ1n) is 7.02. The van der Waals surface area contributed by atoms with E-state index in [1.807, 2.05) is 18.2 Å². The van der Waals surface area contributed by atoms with Crippen molar-refractivity contribution in [3.05, 3.63) is 70.3 Å². The van der Waals surface area contributed by atoms with Gasteiger partial charge in [-0.1, -0.05) is 29.8 Å². The fourth-order valence-electron chi connectivity index (χ4n) is 2.01. The maximum Gasteiger partial charge on any atom is 0.283 e. The molecule has 0 radical (unpaired) electrons. The van der Waals surface area contributed by atoms with E-state index in [1.165, 1.54) is 17.6 Å². The monoisotopic (exact) mass is 356 g/mol. The van der Waals surface area contributed by atoms with E-state index in [2.05, 4.69) is 15.5 Å². The minimum atomic E-state index is -0.349. The number of carbonyl (C=O) groups is 1. The highest BCUT2D eigenvalue weighted by molar-refractivity contribution is 7.18. The number of hydrogen-bond acceptors (Lipinski definition) is 5. The highest BCUT2D eigenvalue weighted by Gasteiger charge is 2.14. The summed E-state index contributed by atoms with van der Waals surface area (Å²) >= 11 is 7.19. The first-order valence-corrected chi connectivity index (χ1v) is 8.21. The Kier molecular flexibility index (Phi) is 4.88. The van der Waals surface area contributed by atoms with E-state index < -0.39 is 0 Å². The minimum absolute atomic E-state index is 0.349. The molecule has 0 atom stereocenters. The van der Waals surface area contributed by atoms with Gasteiger partial charge in [0.15, 0.2) is 0 Å². The number of nitrogens with one attached hydrogen (secondary N) is 1. The Labute approximate surface area is 147 Å². The lowest BCUT2D eigenvalue weighted by Crippen LogP contribution is -2.17. The Morgan fingerprint density at radius 3 is 2.79 bits per heavy atom. The number of thiophene rings is 1. The van der Waals surface area contributed by atoms with Gasteiger partial charge in [-0.05, 0) is 29.8 Å². The van der Waals surface area contributed by atoms with E-state index in [0.29, 0.717) is 15.6 Å². The summed E-state index contributed by atoms with van der Waals surface area (Å²) in [6.45, 7) is 0. The molecule has 3 rings (SSSR count). The summed E-state index contributed by atoms with van der Waals surface area (Å²) < 4.78 is 0. The molecule has 0 saturated heterocycles. The zero-order valence-corrected chi connectivity index (χ0v) is 14.0. The van der Waals surface area contributed by atoms with Gasteiger partial charge in [0.1, 0.15) is 4.88 Å². The number of hydrogen-bond donors (Lipinski definition) is 2. The van der Waals surface area contributed by atoms with Crippen LogP contribution in [0.2, 0.25) is 5.02 Å². The maximum absolute atomic E-state index is 12.2. The maximum atomic E-state index is 12.2. The van der Waals surface area contributed by atoms with Crippen molar-refractivity contribution < 1.29 is 4.79 Å². The van der Waals surface area contributed by atoms with E-state index in [4.69, 9.17) is 17.3 Å². The second kappa shape index (κ2) is 7.25. The number of benzene rings is 1. The summed E-state index contributed by atoms with van der Waals surface area (Å²) in [7, 11) is 0. The van der Waals surface area contributed by atoms with Crippen LogP contribution in [0.3, 0.4) is 0 Å². The first kappa shape index (κ1) is 16.2. The zero-order valence-electron chi connectivity index (χ0n) is 12.4. The van der Waals surface area contributed by atoms with Gasteiger partial charge in [0.05, 0.1) is 11.9 Å². The Bertz CT molecular complexity index is 875. The van der Waals surface area contributed by atoms with E-state index in [-0.39, 0.29) is 5.91 Å². The predicted molar refractivity (Wildman–Crippen MR) is 98.5 cm³/mol. The molecule has 3 aromatic rings. The number of pyridine rings is 1. The average molecular weight is 357 g/mol. The van der Waals surface area contributed by atoms with Crippen molar-refractivity contribution in [2.24, 2.45) is 5.10 Å². The number of rotatable bonds is 4. The van der Waals surface area contributed by atoms with Gasteiger partial charge in [0.2, 0.25) is 0 Å². The topological polar surface area (TPSA) is 80.4 Å². The summed E-state index contributed by atoms with van der Waals surface area (Å²) in [4.78, 5) is 17.5. The molecule has 7 heteroatoms. The molecule has 1 amide bonds. The molecule has 0 unspecified atom stereocenters.